The van der Waals surface area contributed by atoms with Crippen LogP contribution in [0.25, 0.3) is 10.9 Å². The zero-order valence-electron chi connectivity index (χ0n) is 12.2. The van der Waals surface area contributed by atoms with E-state index in [9.17, 15) is 18.4 Å². The summed E-state index contributed by atoms with van der Waals surface area (Å²) in [6, 6.07) is 1.92. The molecule has 0 amide bonds. The largest absolute Gasteiger partial charge is 0.462 e. The van der Waals surface area contributed by atoms with Crippen molar-refractivity contribution in [1.82, 2.24) is 4.57 Å². The van der Waals surface area contributed by atoms with E-state index in [0.29, 0.717) is 11.4 Å². The molecule has 0 aliphatic heterocycles. The first-order valence-electron chi connectivity index (χ1n) is 7.15. The number of fused-ring (bicyclic) bond motifs is 1. The van der Waals surface area contributed by atoms with Crippen LogP contribution in [0.1, 0.15) is 36.7 Å². The van der Waals surface area contributed by atoms with Crippen molar-refractivity contribution in [3.8, 4) is 0 Å². The second kappa shape index (κ2) is 5.19. The van der Waals surface area contributed by atoms with Gasteiger partial charge in [-0.2, -0.15) is 0 Å². The minimum Gasteiger partial charge on any atom is -0.462 e. The lowest BCUT2D eigenvalue weighted by Crippen LogP contribution is -2.21. The molecule has 4 nitrogen and oxygen atoms in total. The van der Waals surface area contributed by atoms with Gasteiger partial charge in [-0.3, -0.25) is 4.79 Å². The summed E-state index contributed by atoms with van der Waals surface area (Å²) < 4.78 is 33.6. The Morgan fingerprint density at radius 2 is 2.00 bits per heavy atom. The number of carbonyl (C=O) groups is 1. The molecule has 0 radical (unpaired) electrons. The molecule has 0 saturated heterocycles. The Kier molecular flexibility index (Phi) is 3.47. The summed E-state index contributed by atoms with van der Waals surface area (Å²) in [5.74, 6) is -2.52. The molecule has 2 atom stereocenters. The average molecular weight is 307 g/mol. The van der Waals surface area contributed by atoms with Gasteiger partial charge in [0.05, 0.1) is 12.1 Å². The summed E-state index contributed by atoms with van der Waals surface area (Å²) in [6.45, 7) is 3.78. The molecule has 0 spiro atoms. The summed E-state index contributed by atoms with van der Waals surface area (Å²) in [5, 5.41) is -0.0106. The molecule has 2 unspecified atom stereocenters. The van der Waals surface area contributed by atoms with Gasteiger partial charge in [-0.05, 0) is 25.3 Å². The quantitative estimate of drug-likeness (QED) is 0.819. The molecule has 0 bridgehead atoms. The van der Waals surface area contributed by atoms with Gasteiger partial charge in [0.2, 0.25) is 5.43 Å². The predicted octanol–water partition coefficient (Wildman–Crippen LogP) is 3.04. The maximum absolute atomic E-state index is 13.5. The fraction of sp³-hybridized carbons (Fsp3) is 0.375. The van der Waals surface area contributed by atoms with Crippen molar-refractivity contribution >= 4 is 16.9 Å². The number of hydrogen-bond donors (Lipinski definition) is 0. The van der Waals surface area contributed by atoms with E-state index in [1.807, 2.05) is 6.92 Å². The van der Waals surface area contributed by atoms with E-state index in [0.717, 1.165) is 18.6 Å². The molecule has 1 fully saturated rings. The van der Waals surface area contributed by atoms with Crippen LogP contribution in [0.4, 0.5) is 8.78 Å². The Hall–Kier alpha value is -2.24. The molecule has 22 heavy (non-hydrogen) atoms. The third-order valence-corrected chi connectivity index (χ3v) is 3.99. The first-order valence-corrected chi connectivity index (χ1v) is 7.15. The molecule has 1 aromatic carbocycles. The van der Waals surface area contributed by atoms with Crippen molar-refractivity contribution in [3.63, 3.8) is 0 Å². The molecule has 2 aromatic rings. The fourth-order valence-electron chi connectivity index (χ4n) is 2.66. The zero-order chi connectivity index (χ0) is 16.0. The lowest BCUT2D eigenvalue weighted by Gasteiger charge is -2.13. The van der Waals surface area contributed by atoms with E-state index < -0.39 is 23.0 Å². The Balaban J connectivity index is 2.31. The van der Waals surface area contributed by atoms with Crippen LogP contribution in [0.2, 0.25) is 0 Å². The highest BCUT2D eigenvalue weighted by molar-refractivity contribution is 5.93. The Bertz CT molecular complexity index is 828. The van der Waals surface area contributed by atoms with Crippen LogP contribution < -0.4 is 5.43 Å². The highest BCUT2D eigenvalue weighted by atomic mass is 19.2. The molecule has 6 heteroatoms. The summed E-state index contributed by atoms with van der Waals surface area (Å²) in [6.07, 6.45) is 2.26. The van der Waals surface area contributed by atoms with Gasteiger partial charge in [0.1, 0.15) is 5.56 Å². The van der Waals surface area contributed by atoms with Crippen molar-refractivity contribution in [2.45, 2.75) is 26.3 Å². The lowest BCUT2D eigenvalue weighted by atomic mass is 10.1. The summed E-state index contributed by atoms with van der Waals surface area (Å²) in [7, 11) is 0. The van der Waals surface area contributed by atoms with E-state index >= 15 is 0 Å². The van der Waals surface area contributed by atoms with Crippen LogP contribution in [0, 0.1) is 17.6 Å². The Morgan fingerprint density at radius 1 is 1.36 bits per heavy atom. The molecule has 3 rings (SSSR count). The van der Waals surface area contributed by atoms with E-state index in [-0.39, 0.29) is 23.6 Å². The second-order valence-corrected chi connectivity index (χ2v) is 5.56. The monoisotopic (exact) mass is 307 g/mol. The summed E-state index contributed by atoms with van der Waals surface area (Å²) in [4.78, 5) is 24.3. The first kappa shape index (κ1) is 14.7. The third kappa shape index (κ3) is 2.28. The fourth-order valence-corrected chi connectivity index (χ4v) is 2.66. The number of esters is 1. The van der Waals surface area contributed by atoms with Gasteiger partial charge in [-0.15, -0.1) is 0 Å². The topological polar surface area (TPSA) is 48.3 Å². The van der Waals surface area contributed by atoms with Gasteiger partial charge >= 0.3 is 5.97 Å². The molecular formula is C16H15F2NO3. The maximum Gasteiger partial charge on any atom is 0.343 e. The van der Waals surface area contributed by atoms with Gasteiger partial charge in [0, 0.05) is 23.7 Å². The number of halogens is 2. The van der Waals surface area contributed by atoms with E-state index in [2.05, 4.69) is 0 Å². The van der Waals surface area contributed by atoms with E-state index in [1.54, 1.807) is 11.5 Å². The first-order chi connectivity index (χ1) is 10.4. The molecule has 1 aliphatic rings. The van der Waals surface area contributed by atoms with Gasteiger partial charge < -0.3 is 9.30 Å². The average Bonchev–Trinajstić information content (AvgIpc) is 3.18. The van der Waals surface area contributed by atoms with Crippen molar-refractivity contribution in [2.24, 2.45) is 5.92 Å². The lowest BCUT2D eigenvalue weighted by molar-refractivity contribution is 0.0524. The van der Waals surface area contributed by atoms with E-state index in [4.69, 9.17) is 4.74 Å². The van der Waals surface area contributed by atoms with Crippen LogP contribution in [-0.4, -0.2) is 17.1 Å². The van der Waals surface area contributed by atoms with Crippen molar-refractivity contribution in [2.75, 3.05) is 6.61 Å². The van der Waals surface area contributed by atoms with Crippen molar-refractivity contribution in [1.29, 1.82) is 0 Å². The third-order valence-electron chi connectivity index (χ3n) is 3.99. The maximum atomic E-state index is 13.5. The number of rotatable bonds is 3. The molecule has 0 N–H and O–H groups in total. The minimum absolute atomic E-state index is 0.0106. The Labute approximate surface area is 125 Å². The van der Waals surface area contributed by atoms with Crippen LogP contribution in [0.15, 0.2) is 23.1 Å². The summed E-state index contributed by atoms with van der Waals surface area (Å²) >= 11 is 0. The number of benzene rings is 1. The molecular weight excluding hydrogens is 292 g/mol. The van der Waals surface area contributed by atoms with Crippen LogP contribution in [-0.2, 0) is 4.74 Å². The highest BCUT2D eigenvalue weighted by Gasteiger charge is 2.35. The number of ether oxygens (including phenoxy) is 1. The van der Waals surface area contributed by atoms with E-state index in [1.165, 1.54) is 6.20 Å². The SMILES string of the molecule is CCOC(=O)c1cn(C2CC2C)c2cc(F)c(F)cc2c1=O. The molecule has 1 heterocycles. The number of carbonyl (C=O) groups excluding carboxylic acids is 1. The van der Waals surface area contributed by atoms with Crippen molar-refractivity contribution < 1.29 is 18.3 Å². The standard InChI is InChI=1S/C16H15F2NO3/c1-3-22-16(21)10-7-19(13-4-8(13)2)14-6-12(18)11(17)5-9(14)15(10)20/h5-8,13H,3-4H2,1-2H3. The number of aromatic nitrogens is 1. The molecule has 116 valence electrons. The second-order valence-electron chi connectivity index (χ2n) is 5.56. The Morgan fingerprint density at radius 3 is 2.59 bits per heavy atom. The van der Waals surface area contributed by atoms with Crippen LogP contribution in [0.3, 0.4) is 0 Å². The normalized spacial score (nSPS) is 20.2. The summed E-state index contributed by atoms with van der Waals surface area (Å²) in [5.41, 5.74) is -0.498. The van der Waals surface area contributed by atoms with Crippen LogP contribution in [0.5, 0.6) is 0 Å². The minimum atomic E-state index is -1.11. The van der Waals surface area contributed by atoms with Gasteiger partial charge in [0.15, 0.2) is 11.6 Å². The van der Waals surface area contributed by atoms with Crippen molar-refractivity contribution in [3.05, 3.63) is 45.8 Å². The van der Waals surface area contributed by atoms with Gasteiger partial charge in [-0.25, -0.2) is 13.6 Å². The van der Waals surface area contributed by atoms with Gasteiger partial charge in [-0.1, -0.05) is 6.92 Å². The van der Waals surface area contributed by atoms with Gasteiger partial charge in [0.25, 0.3) is 0 Å². The predicted molar refractivity (Wildman–Crippen MR) is 76.9 cm³/mol. The van der Waals surface area contributed by atoms with Crippen LogP contribution >= 0.6 is 0 Å². The molecule has 1 aromatic heterocycles. The smallest absolute Gasteiger partial charge is 0.343 e. The molecule has 1 saturated carbocycles. The number of hydrogen-bond acceptors (Lipinski definition) is 3. The highest BCUT2D eigenvalue weighted by Crippen LogP contribution is 2.44. The zero-order valence-corrected chi connectivity index (χ0v) is 12.2. The number of nitrogens with zero attached hydrogens (tertiary/aromatic N) is 1. The number of pyridine rings is 1. The molecule has 1 aliphatic carbocycles.